The highest BCUT2D eigenvalue weighted by Gasteiger charge is 2.16. The van der Waals surface area contributed by atoms with Crippen LogP contribution in [0.4, 0.5) is 0 Å². The summed E-state index contributed by atoms with van der Waals surface area (Å²) in [6.07, 6.45) is 4.94. The Hall–Kier alpha value is -1.55. The number of benzene rings is 1. The van der Waals surface area contributed by atoms with Crippen LogP contribution >= 0.6 is 0 Å². The van der Waals surface area contributed by atoms with E-state index in [1.165, 1.54) is 36.9 Å². The van der Waals surface area contributed by atoms with Crippen LogP contribution in [0.2, 0.25) is 0 Å². The lowest BCUT2D eigenvalue weighted by molar-refractivity contribution is 0.252. The van der Waals surface area contributed by atoms with Crippen molar-refractivity contribution >= 4 is 5.96 Å². The lowest BCUT2D eigenvalue weighted by Crippen LogP contribution is -2.39. The molecule has 23 heavy (non-hydrogen) atoms. The van der Waals surface area contributed by atoms with Gasteiger partial charge in [-0.2, -0.15) is 0 Å². The molecule has 2 aliphatic heterocycles. The minimum Gasteiger partial charge on any atom is -0.357 e. The third kappa shape index (κ3) is 4.47. The predicted molar refractivity (Wildman–Crippen MR) is 96.8 cm³/mol. The van der Waals surface area contributed by atoms with Crippen molar-refractivity contribution in [3.05, 3.63) is 35.4 Å². The van der Waals surface area contributed by atoms with Crippen LogP contribution in [0.3, 0.4) is 0 Å². The number of likely N-dealkylation sites (tertiary alicyclic amines) is 1. The minimum absolute atomic E-state index is 0.928. The van der Waals surface area contributed by atoms with Crippen LogP contribution in [0.25, 0.3) is 0 Å². The Kier molecular flexibility index (Phi) is 5.92. The molecule has 0 saturated carbocycles. The fourth-order valence-corrected chi connectivity index (χ4v) is 3.58. The molecule has 126 valence electrons. The Balaban J connectivity index is 1.44. The summed E-state index contributed by atoms with van der Waals surface area (Å²) in [4.78, 5) is 9.80. The Labute approximate surface area is 140 Å². The Morgan fingerprint density at radius 3 is 2.70 bits per heavy atom. The van der Waals surface area contributed by atoms with Gasteiger partial charge in [0.25, 0.3) is 0 Å². The molecule has 3 rings (SSSR count). The van der Waals surface area contributed by atoms with Crippen molar-refractivity contribution in [2.45, 2.75) is 39.2 Å². The first-order chi connectivity index (χ1) is 11.4. The van der Waals surface area contributed by atoms with Gasteiger partial charge in [0, 0.05) is 45.8 Å². The predicted octanol–water partition coefficient (Wildman–Crippen LogP) is 2.50. The number of nitrogens with one attached hydrogen (secondary N) is 1. The molecule has 0 radical (unpaired) electrons. The number of hydrogen-bond donors (Lipinski definition) is 1. The summed E-state index contributed by atoms with van der Waals surface area (Å²) in [5.74, 6) is 1.12. The summed E-state index contributed by atoms with van der Waals surface area (Å²) in [6.45, 7) is 9.80. The molecular weight excluding hydrogens is 284 g/mol. The van der Waals surface area contributed by atoms with Crippen molar-refractivity contribution in [1.29, 1.82) is 0 Å². The molecule has 0 aliphatic carbocycles. The van der Waals surface area contributed by atoms with E-state index in [0.29, 0.717) is 0 Å². The second-order valence-corrected chi connectivity index (χ2v) is 6.58. The molecule has 0 spiro atoms. The molecule has 1 saturated heterocycles. The van der Waals surface area contributed by atoms with Crippen molar-refractivity contribution < 1.29 is 0 Å². The quantitative estimate of drug-likeness (QED) is 0.515. The molecule has 1 fully saturated rings. The molecule has 0 aromatic heterocycles. The van der Waals surface area contributed by atoms with E-state index in [9.17, 15) is 0 Å². The monoisotopic (exact) mass is 314 g/mol. The van der Waals surface area contributed by atoms with Gasteiger partial charge in [0.2, 0.25) is 0 Å². The Morgan fingerprint density at radius 1 is 1.13 bits per heavy atom. The smallest absolute Gasteiger partial charge is 0.193 e. The van der Waals surface area contributed by atoms with Crippen molar-refractivity contribution in [1.82, 2.24) is 15.1 Å². The lowest BCUT2D eigenvalue weighted by atomic mass is 10.00. The summed E-state index contributed by atoms with van der Waals surface area (Å²) < 4.78 is 0. The van der Waals surface area contributed by atoms with Crippen LogP contribution < -0.4 is 5.32 Å². The second-order valence-electron chi connectivity index (χ2n) is 6.58. The van der Waals surface area contributed by atoms with E-state index >= 15 is 0 Å². The maximum absolute atomic E-state index is 4.83. The number of hydrogen-bond acceptors (Lipinski definition) is 2. The summed E-state index contributed by atoms with van der Waals surface area (Å²) in [5, 5.41) is 3.44. The van der Waals surface area contributed by atoms with Gasteiger partial charge in [-0.15, -0.1) is 0 Å². The second kappa shape index (κ2) is 8.34. The third-order valence-corrected chi connectivity index (χ3v) is 4.84. The number of fused-ring (bicyclic) bond motifs is 1. The van der Waals surface area contributed by atoms with E-state index in [-0.39, 0.29) is 0 Å². The van der Waals surface area contributed by atoms with Crippen LogP contribution in [0.5, 0.6) is 0 Å². The summed E-state index contributed by atoms with van der Waals surface area (Å²) in [7, 11) is 0. The molecule has 4 nitrogen and oxygen atoms in total. The van der Waals surface area contributed by atoms with E-state index in [1.54, 1.807) is 0 Å². The van der Waals surface area contributed by atoms with Crippen molar-refractivity contribution in [2.24, 2.45) is 4.99 Å². The normalized spacial score (nSPS) is 19.0. The molecule has 2 heterocycles. The van der Waals surface area contributed by atoms with E-state index in [4.69, 9.17) is 4.99 Å². The molecule has 1 aromatic carbocycles. The fraction of sp³-hybridized carbons (Fsp3) is 0.632. The molecule has 0 bridgehead atoms. The average molecular weight is 314 g/mol. The lowest BCUT2D eigenvalue weighted by Gasteiger charge is -2.28. The van der Waals surface area contributed by atoms with Gasteiger partial charge in [0.1, 0.15) is 0 Å². The highest BCUT2D eigenvalue weighted by molar-refractivity contribution is 5.80. The van der Waals surface area contributed by atoms with Gasteiger partial charge in [-0.25, -0.2) is 0 Å². The molecule has 2 aliphatic rings. The highest BCUT2D eigenvalue weighted by atomic mass is 15.3. The van der Waals surface area contributed by atoms with Crippen LogP contribution in [-0.4, -0.2) is 55.0 Å². The van der Waals surface area contributed by atoms with Crippen LogP contribution in [0, 0.1) is 0 Å². The number of guanidine groups is 1. The van der Waals surface area contributed by atoms with Crippen molar-refractivity contribution in [3.8, 4) is 0 Å². The maximum atomic E-state index is 4.83. The SMILES string of the molecule is CCNC(=NCCCN1CCc2ccccc2C1)N1CCCC1. The van der Waals surface area contributed by atoms with Gasteiger partial charge in [-0.05, 0) is 43.7 Å². The van der Waals surface area contributed by atoms with Gasteiger partial charge >= 0.3 is 0 Å². The number of nitrogens with zero attached hydrogens (tertiary/aromatic N) is 3. The van der Waals surface area contributed by atoms with Gasteiger partial charge in [0.15, 0.2) is 5.96 Å². The van der Waals surface area contributed by atoms with Gasteiger partial charge in [-0.3, -0.25) is 9.89 Å². The molecule has 0 unspecified atom stereocenters. The molecule has 1 aromatic rings. The number of aliphatic imine (C=N–C) groups is 1. The zero-order chi connectivity index (χ0) is 15.9. The van der Waals surface area contributed by atoms with E-state index in [1.807, 2.05) is 0 Å². The van der Waals surface area contributed by atoms with Crippen LogP contribution in [0.15, 0.2) is 29.3 Å². The van der Waals surface area contributed by atoms with Gasteiger partial charge in [0.05, 0.1) is 0 Å². The highest BCUT2D eigenvalue weighted by Crippen LogP contribution is 2.18. The summed E-state index contributed by atoms with van der Waals surface area (Å²) >= 11 is 0. The summed E-state index contributed by atoms with van der Waals surface area (Å²) in [6, 6.07) is 8.86. The first-order valence-electron chi connectivity index (χ1n) is 9.19. The summed E-state index contributed by atoms with van der Waals surface area (Å²) in [5.41, 5.74) is 3.04. The minimum atomic E-state index is 0.928. The van der Waals surface area contributed by atoms with E-state index in [0.717, 1.165) is 51.6 Å². The average Bonchev–Trinajstić information content (AvgIpc) is 3.12. The fourth-order valence-electron chi connectivity index (χ4n) is 3.58. The molecule has 0 atom stereocenters. The molecular formula is C19H30N4. The third-order valence-electron chi connectivity index (χ3n) is 4.84. The zero-order valence-corrected chi connectivity index (χ0v) is 14.4. The largest absolute Gasteiger partial charge is 0.357 e. The zero-order valence-electron chi connectivity index (χ0n) is 14.4. The van der Waals surface area contributed by atoms with Gasteiger partial charge < -0.3 is 10.2 Å². The molecule has 4 heteroatoms. The van der Waals surface area contributed by atoms with Crippen LogP contribution in [-0.2, 0) is 13.0 Å². The maximum Gasteiger partial charge on any atom is 0.193 e. The Morgan fingerprint density at radius 2 is 1.91 bits per heavy atom. The first-order valence-corrected chi connectivity index (χ1v) is 9.19. The van der Waals surface area contributed by atoms with E-state index in [2.05, 4.69) is 46.3 Å². The van der Waals surface area contributed by atoms with Crippen molar-refractivity contribution in [3.63, 3.8) is 0 Å². The molecule has 0 amide bonds. The first kappa shape index (κ1) is 16.3. The van der Waals surface area contributed by atoms with Crippen LogP contribution in [0.1, 0.15) is 37.3 Å². The van der Waals surface area contributed by atoms with Crippen molar-refractivity contribution in [2.75, 3.05) is 39.3 Å². The van der Waals surface area contributed by atoms with Gasteiger partial charge in [-0.1, -0.05) is 24.3 Å². The molecule has 1 N–H and O–H groups in total. The standard InChI is InChI=1S/C19H30N4/c1-2-20-19(23-13-5-6-14-23)21-11-7-12-22-15-10-17-8-3-4-9-18(17)16-22/h3-4,8-9H,2,5-7,10-16H2,1H3,(H,20,21). The topological polar surface area (TPSA) is 30.9 Å². The Bertz CT molecular complexity index is 520. The number of rotatable bonds is 5. The van der Waals surface area contributed by atoms with E-state index < -0.39 is 0 Å².